The van der Waals surface area contributed by atoms with Gasteiger partial charge in [-0.3, -0.25) is 14.5 Å². The van der Waals surface area contributed by atoms with Gasteiger partial charge < -0.3 is 0 Å². The second-order valence-corrected chi connectivity index (χ2v) is 7.97. The first kappa shape index (κ1) is 18.5. The van der Waals surface area contributed by atoms with Crippen LogP contribution in [0.5, 0.6) is 0 Å². The number of allylic oxidation sites excluding steroid dienone is 2. The van der Waals surface area contributed by atoms with Crippen molar-refractivity contribution in [1.82, 2.24) is 0 Å². The topological polar surface area (TPSA) is 37.4 Å². The number of Topliss-reactive ketones (excluding diaryl/α,β-unsaturated/α-hetero) is 1. The van der Waals surface area contributed by atoms with E-state index in [2.05, 4.69) is 0 Å². The van der Waals surface area contributed by atoms with Gasteiger partial charge in [-0.15, -0.1) is 0 Å². The first-order valence-electron chi connectivity index (χ1n) is 8.76. The number of carbonyl (C=O) groups excluding carboxylic acids is 2. The van der Waals surface area contributed by atoms with Crippen LogP contribution in [0.25, 0.3) is 0 Å². The van der Waals surface area contributed by atoms with Crippen LogP contribution in [0.4, 0.5) is 5.69 Å². The van der Waals surface area contributed by atoms with E-state index in [9.17, 15) is 9.59 Å². The molecule has 4 rings (SSSR count). The number of hydrogen-bond donors (Lipinski definition) is 0. The molecule has 0 fully saturated rings. The summed E-state index contributed by atoms with van der Waals surface area (Å²) in [6.45, 7) is 0. The van der Waals surface area contributed by atoms with E-state index in [0.29, 0.717) is 45.6 Å². The van der Waals surface area contributed by atoms with Crippen LogP contribution in [0.1, 0.15) is 37.2 Å². The molecule has 2 aromatic rings. The molecule has 1 heterocycles. The molecule has 1 aliphatic carbocycles. The van der Waals surface area contributed by atoms with Gasteiger partial charge in [-0.25, -0.2) is 0 Å². The van der Waals surface area contributed by atoms with E-state index in [-0.39, 0.29) is 24.0 Å². The molecule has 6 heteroatoms. The van der Waals surface area contributed by atoms with Crippen LogP contribution in [0.3, 0.4) is 0 Å². The standard InChI is InChI=1S/C21H16Cl3NO2/c22-13-5-1-4-12(10-13)14-11-19(27)25(16-7-3-9-18(26)20(14)16)17-8-2-6-15(23)21(17)24/h1-2,4-6,8,10,14H,3,7,9,11H2. The van der Waals surface area contributed by atoms with Crippen LogP contribution < -0.4 is 4.90 Å². The molecule has 138 valence electrons. The van der Waals surface area contributed by atoms with Crippen molar-refractivity contribution in [2.45, 2.75) is 31.6 Å². The molecule has 0 saturated carbocycles. The molecule has 0 radical (unpaired) electrons. The molecule has 1 amide bonds. The molecule has 0 bridgehead atoms. The zero-order valence-electron chi connectivity index (χ0n) is 14.3. The molecule has 0 aromatic heterocycles. The summed E-state index contributed by atoms with van der Waals surface area (Å²) in [5.41, 5.74) is 2.84. The summed E-state index contributed by atoms with van der Waals surface area (Å²) >= 11 is 18.7. The molecule has 2 aromatic carbocycles. The second-order valence-electron chi connectivity index (χ2n) is 6.75. The molecule has 27 heavy (non-hydrogen) atoms. The molecule has 1 atom stereocenters. The fraction of sp³-hybridized carbons (Fsp3) is 0.238. The highest BCUT2D eigenvalue weighted by atomic mass is 35.5. The number of rotatable bonds is 2. The molecular weight excluding hydrogens is 405 g/mol. The monoisotopic (exact) mass is 419 g/mol. The van der Waals surface area contributed by atoms with E-state index >= 15 is 0 Å². The Morgan fingerprint density at radius 1 is 0.963 bits per heavy atom. The SMILES string of the molecule is O=C1CCCC2=C1C(c1cccc(Cl)c1)CC(=O)N2c1cccc(Cl)c1Cl. The van der Waals surface area contributed by atoms with Gasteiger partial charge in [-0.2, -0.15) is 0 Å². The number of anilines is 1. The molecule has 1 unspecified atom stereocenters. The number of ketones is 1. The Morgan fingerprint density at radius 3 is 2.52 bits per heavy atom. The van der Waals surface area contributed by atoms with E-state index in [1.54, 1.807) is 29.2 Å². The van der Waals surface area contributed by atoms with Crippen molar-refractivity contribution in [1.29, 1.82) is 0 Å². The van der Waals surface area contributed by atoms with E-state index in [1.807, 2.05) is 18.2 Å². The summed E-state index contributed by atoms with van der Waals surface area (Å²) < 4.78 is 0. The van der Waals surface area contributed by atoms with Crippen LogP contribution in [0.2, 0.25) is 15.1 Å². The van der Waals surface area contributed by atoms with Crippen LogP contribution in [0, 0.1) is 0 Å². The normalized spacial score (nSPS) is 20.1. The lowest BCUT2D eigenvalue weighted by Crippen LogP contribution is -2.40. The minimum Gasteiger partial charge on any atom is -0.294 e. The Labute approximate surface area is 172 Å². The predicted octanol–water partition coefficient (Wildman–Crippen LogP) is 6.17. The largest absolute Gasteiger partial charge is 0.294 e. The van der Waals surface area contributed by atoms with Gasteiger partial charge in [0.05, 0.1) is 15.7 Å². The maximum absolute atomic E-state index is 13.1. The summed E-state index contributed by atoms with van der Waals surface area (Å²) in [5.74, 6) is -0.303. The summed E-state index contributed by atoms with van der Waals surface area (Å²) in [6.07, 6.45) is 2.03. The molecule has 1 aliphatic heterocycles. The third-order valence-electron chi connectivity index (χ3n) is 5.10. The van der Waals surface area contributed by atoms with Crippen LogP contribution >= 0.6 is 34.8 Å². The fourth-order valence-electron chi connectivity index (χ4n) is 3.95. The summed E-state index contributed by atoms with van der Waals surface area (Å²) in [7, 11) is 0. The molecule has 3 nitrogen and oxygen atoms in total. The quantitative estimate of drug-likeness (QED) is 0.582. The number of hydrogen-bond acceptors (Lipinski definition) is 2. The Morgan fingerprint density at radius 2 is 1.74 bits per heavy atom. The smallest absolute Gasteiger partial charge is 0.232 e. The van der Waals surface area contributed by atoms with Gasteiger partial charge in [0, 0.05) is 35.1 Å². The van der Waals surface area contributed by atoms with Crippen LogP contribution in [-0.2, 0) is 9.59 Å². The number of amides is 1. The van der Waals surface area contributed by atoms with Gasteiger partial charge in [0.25, 0.3) is 0 Å². The number of carbonyl (C=O) groups is 2. The lowest BCUT2D eigenvalue weighted by Gasteiger charge is -2.38. The van der Waals surface area contributed by atoms with Gasteiger partial charge >= 0.3 is 0 Å². The maximum Gasteiger partial charge on any atom is 0.232 e. The lowest BCUT2D eigenvalue weighted by molar-refractivity contribution is -0.119. The molecule has 0 N–H and O–H groups in total. The second kappa shape index (κ2) is 7.31. The van der Waals surface area contributed by atoms with E-state index in [4.69, 9.17) is 34.8 Å². The number of nitrogens with zero attached hydrogens (tertiary/aromatic N) is 1. The first-order valence-corrected chi connectivity index (χ1v) is 9.89. The summed E-state index contributed by atoms with van der Waals surface area (Å²) in [5, 5.41) is 1.28. The molecule has 0 spiro atoms. The molecular formula is C21H16Cl3NO2. The molecule has 2 aliphatic rings. The first-order chi connectivity index (χ1) is 13.0. The minimum atomic E-state index is -0.284. The molecule has 0 saturated heterocycles. The van der Waals surface area contributed by atoms with Gasteiger partial charge in [0.15, 0.2) is 5.78 Å². The van der Waals surface area contributed by atoms with E-state index in [0.717, 1.165) is 11.3 Å². The lowest BCUT2D eigenvalue weighted by atomic mass is 9.77. The Bertz CT molecular complexity index is 983. The zero-order chi connectivity index (χ0) is 19.1. The Hall–Kier alpha value is -1.81. The highest BCUT2D eigenvalue weighted by Crippen LogP contribution is 2.45. The van der Waals surface area contributed by atoms with Gasteiger partial charge in [-0.05, 0) is 42.7 Å². The highest BCUT2D eigenvalue weighted by Gasteiger charge is 2.40. The van der Waals surface area contributed by atoms with Crippen molar-refractivity contribution < 1.29 is 9.59 Å². The van der Waals surface area contributed by atoms with Crippen LogP contribution in [0.15, 0.2) is 53.7 Å². The van der Waals surface area contributed by atoms with E-state index < -0.39 is 0 Å². The van der Waals surface area contributed by atoms with Crippen molar-refractivity contribution in [3.63, 3.8) is 0 Å². The van der Waals surface area contributed by atoms with Crippen molar-refractivity contribution in [2.24, 2.45) is 0 Å². The van der Waals surface area contributed by atoms with Gasteiger partial charge in [-0.1, -0.05) is 53.0 Å². The summed E-state index contributed by atoms with van der Waals surface area (Å²) in [4.78, 5) is 27.6. The van der Waals surface area contributed by atoms with Crippen molar-refractivity contribution in [3.05, 3.63) is 74.4 Å². The maximum atomic E-state index is 13.1. The van der Waals surface area contributed by atoms with Crippen molar-refractivity contribution in [2.75, 3.05) is 4.90 Å². The van der Waals surface area contributed by atoms with E-state index in [1.165, 1.54) is 0 Å². The summed E-state index contributed by atoms with van der Waals surface area (Å²) in [6, 6.07) is 12.6. The zero-order valence-corrected chi connectivity index (χ0v) is 16.6. The average molecular weight is 421 g/mol. The average Bonchev–Trinajstić information content (AvgIpc) is 2.64. The third kappa shape index (κ3) is 3.29. The van der Waals surface area contributed by atoms with Crippen molar-refractivity contribution >= 4 is 52.2 Å². The van der Waals surface area contributed by atoms with Crippen LogP contribution in [-0.4, -0.2) is 11.7 Å². The van der Waals surface area contributed by atoms with Gasteiger partial charge in [0.1, 0.15) is 0 Å². The Balaban J connectivity index is 1.90. The minimum absolute atomic E-state index is 0.0804. The fourth-order valence-corrected chi connectivity index (χ4v) is 4.52. The van der Waals surface area contributed by atoms with Crippen molar-refractivity contribution in [3.8, 4) is 0 Å². The Kier molecular flexibility index (Phi) is 5.02. The highest BCUT2D eigenvalue weighted by molar-refractivity contribution is 6.44. The number of halogens is 3. The number of benzene rings is 2. The van der Waals surface area contributed by atoms with Gasteiger partial charge in [0.2, 0.25) is 5.91 Å². The predicted molar refractivity (Wildman–Crippen MR) is 109 cm³/mol. The third-order valence-corrected chi connectivity index (χ3v) is 6.14.